The van der Waals surface area contributed by atoms with Crippen molar-refractivity contribution in [3.05, 3.63) is 22.1 Å². The second-order valence-corrected chi connectivity index (χ2v) is 6.95. The maximum atomic E-state index is 12.1. The highest BCUT2D eigenvalue weighted by Crippen LogP contribution is 2.31. The maximum Gasteiger partial charge on any atom is 0.275 e. The minimum atomic E-state index is -0.0718. The minimum absolute atomic E-state index is 0.0718. The van der Waals surface area contributed by atoms with Crippen molar-refractivity contribution >= 4 is 21.4 Å². The number of rotatable bonds is 3. The molecule has 1 aliphatic rings. The SMILES string of the molecule is CCc1cc(=O)n2nc(N3CCCCC3C(C)C)sc2n1. The van der Waals surface area contributed by atoms with Gasteiger partial charge in [0, 0.05) is 24.3 Å². The van der Waals surface area contributed by atoms with E-state index in [2.05, 4.69) is 28.8 Å². The van der Waals surface area contributed by atoms with Gasteiger partial charge in [0.2, 0.25) is 10.1 Å². The third-order valence-electron chi connectivity index (χ3n) is 4.21. The fourth-order valence-electron chi connectivity index (χ4n) is 3.03. The first-order valence-electron chi connectivity index (χ1n) is 7.76. The van der Waals surface area contributed by atoms with Crippen LogP contribution < -0.4 is 10.5 Å². The second kappa shape index (κ2) is 5.75. The summed E-state index contributed by atoms with van der Waals surface area (Å²) in [6.45, 7) is 7.56. The van der Waals surface area contributed by atoms with Crippen molar-refractivity contribution in [1.29, 1.82) is 0 Å². The molecule has 0 radical (unpaired) electrons. The Hall–Kier alpha value is -1.43. The Bertz CT molecular complexity index is 691. The molecule has 5 nitrogen and oxygen atoms in total. The van der Waals surface area contributed by atoms with Crippen LogP contribution in [-0.4, -0.2) is 27.2 Å². The molecule has 1 unspecified atom stereocenters. The highest BCUT2D eigenvalue weighted by atomic mass is 32.1. The summed E-state index contributed by atoms with van der Waals surface area (Å²) < 4.78 is 1.45. The minimum Gasteiger partial charge on any atom is -0.343 e. The lowest BCUT2D eigenvalue weighted by molar-refractivity contribution is 0.374. The number of nitrogens with zero attached hydrogens (tertiary/aromatic N) is 4. The van der Waals surface area contributed by atoms with E-state index in [0.29, 0.717) is 16.9 Å². The molecule has 0 aromatic carbocycles. The molecule has 1 saturated heterocycles. The summed E-state index contributed by atoms with van der Waals surface area (Å²) in [4.78, 5) is 19.7. The van der Waals surface area contributed by atoms with E-state index in [-0.39, 0.29) is 5.56 Å². The molecule has 1 atom stereocenters. The first-order chi connectivity index (χ1) is 10.1. The molecule has 21 heavy (non-hydrogen) atoms. The number of anilines is 1. The van der Waals surface area contributed by atoms with Crippen LogP contribution >= 0.6 is 11.3 Å². The summed E-state index contributed by atoms with van der Waals surface area (Å²) in [5.41, 5.74) is 0.770. The summed E-state index contributed by atoms with van der Waals surface area (Å²) >= 11 is 1.54. The molecule has 0 spiro atoms. The Morgan fingerprint density at radius 1 is 1.43 bits per heavy atom. The quantitative estimate of drug-likeness (QED) is 0.875. The molecule has 3 heterocycles. The van der Waals surface area contributed by atoms with E-state index in [4.69, 9.17) is 0 Å². The molecule has 0 amide bonds. The number of piperidine rings is 1. The Labute approximate surface area is 128 Å². The molecule has 0 N–H and O–H groups in total. The van der Waals surface area contributed by atoms with Crippen LogP contribution in [0.5, 0.6) is 0 Å². The number of aromatic nitrogens is 3. The van der Waals surface area contributed by atoms with E-state index in [9.17, 15) is 4.79 Å². The van der Waals surface area contributed by atoms with Crippen LogP contribution in [0.1, 0.15) is 45.7 Å². The Balaban J connectivity index is 2.03. The lowest BCUT2D eigenvalue weighted by Gasteiger charge is -2.37. The summed E-state index contributed by atoms with van der Waals surface area (Å²) in [5.74, 6) is 0.591. The molecule has 2 aromatic heterocycles. The molecule has 114 valence electrons. The highest BCUT2D eigenvalue weighted by Gasteiger charge is 2.28. The van der Waals surface area contributed by atoms with Gasteiger partial charge >= 0.3 is 0 Å². The van der Waals surface area contributed by atoms with E-state index in [1.165, 1.54) is 35.1 Å². The number of aryl methyl sites for hydroxylation is 1. The Kier molecular flexibility index (Phi) is 3.97. The molecule has 1 fully saturated rings. The lowest BCUT2D eigenvalue weighted by Crippen LogP contribution is -2.42. The van der Waals surface area contributed by atoms with Gasteiger partial charge in [-0.25, -0.2) is 4.98 Å². The zero-order chi connectivity index (χ0) is 15.0. The molecule has 0 saturated carbocycles. The predicted molar refractivity (Wildman–Crippen MR) is 86.3 cm³/mol. The monoisotopic (exact) mass is 306 g/mol. The van der Waals surface area contributed by atoms with Gasteiger partial charge in [-0.15, -0.1) is 5.10 Å². The normalized spacial score (nSPS) is 19.6. The van der Waals surface area contributed by atoms with Gasteiger partial charge in [0.25, 0.3) is 5.56 Å². The van der Waals surface area contributed by atoms with Gasteiger partial charge < -0.3 is 4.90 Å². The maximum absolute atomic E-state index is 12.1. The van der Waals surface area contributed by atoms with Crippen LogP contribution in [0.25, 0.3) is 4.96 Å². The van der Waals surface area contributed by atoms with Crippen molar-refractivity contribution in [2.75, 3.05) is 11.4 Å². The summed E-state index contributed by atoms with van der Waals surface area (Å²) in [7, 11) is 0. The Morgan fingerprint density at radius 2 is 2.24 bits per heavy atom. The molecule has 3 rings (SSSR count). The number of fused-ring (bicyclic) bond motifs is 1. The van der Waals surface area contributed by atoms with Crippen molar-refractivity contribution < 1.29 is 0 Å². The van der Waals surface area contributed by atoms with E-state index in [0.717, 1.165) is 23.8 Å². The Morgan fingerprint density at radius 3 is 2.95 bits per heavy atom. The van der Waals surface area contributed by atoms with E-state index in [1.54, 1.807) is 6.07 Å². The van der Waals surface area contributed by atoms with Crippen molar-refractivity contribution in [2.24, 2.45) is 5.92 Å². The molecule has 0 aliphatic carbocycles. The average Bonchev–Trinajstić information content (AvgIpc) is 2.91. The van der Waals surface area contributed by atoms with Crippen LogP contribution in [-0.2, 0) is 6.42 Å². The van der Waals surface area contributed by atoms with E-state index < -0.39 is 0 Å². The van der Waals surface area contributed by atoms with Gasteiger partial charge in [0.1, 0.15) is 0 Å². The van der Waals surface area contributed by atoms with Gasteiger partial charge in [-0.3, -0.25) is 4.79 Å². The van der Waals surface area contributed by atoms with Crippen LogP contribution in [0.3, 0.4) is 0 Å². The molecule has 1 aliphatic heterocycles. The number of hydrogen-bond donors (Lipinski definition) is 0. The molecular weight excluding hydrogens is 284 g/mol. The molecule has 0 bridgehead atoms. The average molecular weight is 306 g/mol. The van der Waals surface area contributed by atoms with Gasteiger partial charge in [-0.1, -0.05) is 32.1 Å². The third kappa shape index (κ3) is 2.69. The van der Waals surface area contributed by atoms with Crippen molar-refractivity contribution in [3.8, 4) is 0 Å². The largest absolute Gasteiger partial charge is 0.343 e. The molecule has 6 heteroatoms. The standard InChI is InChI=1S/C15H22N4OS/c1-4-11-9-13(20)19-14(16-11)21-15(17-19)18-8-6-5-7-12(18)10(2)3/h9-10,12H,4-8H2,1-3H3. The molecule has 2 aromatic rings. The summed E-state index contributed by atoms with van der Waals surface area (Å²) in [6, 6.07) is 2.10. The van der Waals surface area contributed by atoms with Crippen molar-refractivity contribution in [2.45, 2.75) is 52.5 Å². The van der Waals surface area contributed by atoms with Crippen molar-refractivity contribution in [1.82, 2.24) is 14.6 Å². The fraction of sp³-hybridized carbons (Fsp3) is 0.667. The molecular formula is C15H22N4OS. The van der Waals surface area contributed by atoms with Gasteiger partial charge in [-0.2, -0.15) is 4.52 Å². The highest BCUT2D eigenvalue weighted by molar-refractivity contribution is 7.20. The first kappa shape index (κ1) is 14.5. The van der Waals surface area contributed by atoms with E-state index in [1.807, 2.05) is 6.92 Å². The smallest absolute Gasteiger partial charge is 0.275 e. The van der Waals surface area contributed by atoms with Crippen LogP contribution in [0, 0.1) is 5.92 Å². The van der Waals surface area contributed by atoms with Gasteiger partial charge in [-0.05, 0) is 31.6 Å². The lowest BCUT2D eigenvalue weighted by atomic mass is 9.93. The van der Waals surface area contributed by atoms with Crippen LogP contribution in [0.15, 0.2) is 10.9 Å². The second-order valence-electron chi connectivity index (χ2n) is 6.02. The third-order valence-corrected chi connectivity index (χ3v) is 5.16. The summed E-state index contributed by atoms with van der Waals surface area (Å²) in [5, 5.41) is 5.47. The summed E-state index contributed by atoms with van der Waals surface area (Å²) in [6.07, 6.45) is 4.46. The fourth-order valence-corrected chi connectivity index (χ4v) is 4.04. The zero-order valence-corrected chi connectivity index (χ0v) is 13.7. The van der Waals surface area contributed by atoms with Gasteiger partial charge in [0.15, 0.2) is 0 Å². The van der Waals surface area contributed by atoms with Gasteiger partial charge in [0.05, 0.1) is 0 Å². The van der Waals surface area contributed by atoms with Crippen LogP contribution in [0.4, 0.5) is 5.13 Å². The number of hydrogen-bond acceptors (Lipinski definition) is 5. The van der Waals surface area contributed by atoms with E-state index >= 15 is 0 Å². The zero-order valence-electron chi connectivity index (χ0n) is 12.9. The van der Waals surface area contributed by atoms with Crippen LogP contribution in [0.2, 0.25) is 0 Å². The first-order valence-corrected chi connectivity index (χ1v) is 8.58. The predicted octanol–water partition coefficient (Wildman–Crippen LogP) is 2.73. The van der Waals surface area contributed by atoms with Crippen molar-refractivity contribution in [3.63, 3.8) is 0 Å². The topological polar surface area (TPSA) is 50.5 Å².